The molecule has 39 heavy (non-hydrogen) atoms. The van der Waals surface area contributed by atoms with Crippen LogP contribution in [0.3, 0.4) is 0 Å². The topological polar surface area (TPSA) is 88.1 Å². The van der Waals surface area contributed by atoms with E-state index >= 15 is 0 Å². The van der Waals surface area contributed by atoms with Crippen LogP contribution in [0.15, 0.2) is 48.8 Å². The summed E-state index contributed by atoms with van der Waals surface area (Å²) in [6.07, 6.45) is 6.04. The number of nitrogen functional groups attached to an aromatic ring is 1. The summed E-state index contributed by atoms with van der Waals surface area (Å²) in [5, 5.41) is 9.23. The molecule has 204 valence electrons. The Labute approximate surface area is 229 Å². The zero-order chi connectivity index (χ0) is 26.9. The number of benzene rings is 2. The number of halogens is 1. The second-order valence-electron chi connectivity index (χ2n) is 11.0. The summed E-state index contributed by atoms with van der Waals surface area (Å²) in [6.45, 7) is 6.98. The highest BCUT2D eigenvalue weighted by Gasteiger charge is 2.30. The standard InChI is InChI=1S/C30H37FN8/c1-20-4-3-5-26(31)25(20)18-33-22-8-6-21(7-9-22)28-27-29(32)34-19-35-30(27)39(36-28)24-12-10-23(11-13-24)38-16-14-37(2)15-17-38/h3-9,19,23-24,33H,10-18H2,1-2H3,(H2,32,34,35). The lowest BCUT2D eigenvalue weighted by Gasteiger charge is -2.41. The summed E-state index contributed by atoms with van der Waals surface area (Å²) < 4.78 is 16.3. The summed E-state index contributed by atoms with van der Waals surface area (Å²) in [7, 11) is 2.21. The first-order valence-electron chi connectivity index (χ1n) is 14.0. The number of anilines is 2. The highest BCUT2D eigenvalue weighted by molar-refractivity contribution is 5.98. The van der Waals surface area contributed by atoms with Gasteiger partial charge in [0.15, 0.2) is 5.65 Å². The van der Waals surface area contributed by atoms with Gasteiger partial charge in [0, 0.05) is 55.6 Å². The number of nitrogens with one attached hydrogen (secondary N) is 1. The van der Waals surface area contributed by atoms with Crippen LogP contribution in [0.25, 0.3) is 22.3 Å². The SMILES string of the molecule is Cc1cccc(F)c1CNc1ccc(-c2nn(C3CCC(N4CCN(C)CC4)CC3)c3ncnc(N)c23)cc1. The fourth-order valence-corrected chi connectivity index (χ4v) is 6.13. The van der Waals surface area contributed by atoms with E-state index in [1.807, 2.05) is 37.3 Å². The van der Waals surface area contributed by atoms with E-state index in [4.69, 9.17) is 10.8 Å². The van der Waals surface area contributed by atoms with E-state index in [0.717, 1.165) is 72.6 Å². The Kier molecular flexibility index (Phi) is 7.18. The van der Waals surface area contributed by atoms with Gasteiger partial charge in [-0.05, 0) is 63.4 Å². The monoisotopic (exact) mass is 528 g/mol. The Balaban J connectivity index is 1.20. The molecular formula is C30H37FN8. The fourth-order valence-electron chi connectivity index (χ4n) is 6.13. The second kappa shape index (κ2) is 10.9. The van der Waals surface area contributed by atoms with Gasteiger partial charge in [-0.15, -0.1) is 0 Å². The Morgan fingerprint density at radius 2 is 1.67 bits per heavy atom. The lowest BCUT2D eigenvalue weighted by atomic mass is 9.90. The van der Waals surface area contributed by atoms with E-state index in [2.05, 4.69) is 36.8 Å². The molecule has 9 heteroatoms. The Hall–Kier alpha value is -3.56. The van der Waals surface area contributed by atoms with Crippen LogP contribution < -0.4 is 11.1 Å². The number of hydrogen-bond donors (Lipinski definition) is 2. The Morgan fingerprint density at radius 1 is 0.949 bits per heavy atom. The molecule has 2 fully saturated rings. The molecule has 2 aliphatic rings. The minimum absolute atomic E-state index is 0.191. The van der Waals surface area contributed by atoms with Crippen molar-refractivity contribution in [1.29, 1.82) is 0 Å². The number of hydrogen-bond acceptors (Lipinski definition) is 7. The predicted molar refractivity (Wildman–Crippen MR) is 154 cm³/mol. The van der Waals surface area contributed by atoms with Gasteiger partial charge in [0.05, 0.1) is 11.4 Å². The van der Waals surface area contributed by atoms with E-state index < -0.39 is 0 Å². The van der Waals surface area contributed by atoms with E-state index in [0.29, 0.717) is 30.0 Å². The van der Waals surface area contributed by atoms with Crippen molar-refractivity contribution in [3.8, 4) is 11.3 Å². The summed E-state index contributed by atoms with van der Waals surface area (Å²) in [5.41, 5.74) is 11.5. The summed E-state index contributed by atoms with van der Waals surface area (Å²) in [6, 6.07) is 14.2. The van der Waals surface area contributed by atoms with Crippen molar-refractivity contribution in [2.75, 3.05) is 44.3 Å². The molecule has 3 N–H and O–H groups in total. The third kappa shape index (κ3) is 5.21. The molecule has 1 aliphatic heterocycles. The lowest BCUT2D eigenvalue weighted by molar-refractivity contribution is 0.0815. The van der Waals surface area contributed by atoms with Crippen LogP contribution in [0, 0.1) is 12.7 Å². The number of nitrogens with zero attached hydrogens (tertiary/aromatic N) is 6. The molecule has 1 saturated carbocycles. The van der Waals surface area contributed by atoms with Crippen LogP contribution in [0.5, 0.6) is 0 Å². The van der Waals surface area contributed by atoms with Crippen LogP contribution >= 0.6 is 0 Å². The average Bonchev–Trinajstić information content (AvgIpc) is 3.35. The maximum absolute atomic E-state index is 14.2. The third-order valence-corrected chi connectivity index (χ3v) is 8.57. The molecule has 1 aliphatic carbocycles. The number of aromatic nitrogens is 4. The number of nitrogens with two attached hydrogens (primary N) is 1. The lowest BCUT2D eigenvalue weighted by Crippen LogP contribution is -2.49. The number of rotatable bonds is 6. The first-order valence-corrected chi connectivity index (χ1v) is 14.0. The molecule has 3 heterocycles. The van der Waals surface area contributed by atoms with E-state index in [-0.39, 0.29) is 5.82 Å². The zero-order valence-electron chi connectivity index (χ0n) is 22.8. The summed E-state index contributed by atoms with van der Waals surface area (Å²) in [5.74, 6) is 0.258. The second-order valence-corrected chi connectivity index (χ2v) is 11.0. The fraction of sp³-hybridized carbons (Fsp3) is 0.433. The van der Waals surface area contributed by atoms with Gasteiger partial charge >= 0.3 is 0 Å². The Morgan fingerprint density at radius 3 is 2.38 bits per heavy atom. The van der Waals surface area contributed by atoms with Crippen molar-refractivity contribution < 1.29 is 4.39 Å². The third-order valence-electron chi connectivity index (χ3n) is 8.57. The van der Waals surface area contributed by atoms with Gasteiger partial charge in [-0.3, -0.25) is 4.90 Å². The number of aryl methyl sites for hydroxylation is 1. The van der Waals surface area contributed by atoms with Gasteiger partial charge in [-0.25, -0.2) is 19.0 Å². The van der Waals surface area contributed by atoms with Crippen molar-refractivity contribution in [2.24, 2.45) is 0 Å². The first kappa shape index (κ1) is 25.7. The maximum Gasteiger partial charge on any atom is 0.164 e. The van der Waals surface area contributed by atoms with Crippen molar-refractivity contribution in [3.05, 3.63) is 65.7 Å². The molecule has 4 aromatic rings. The minimum Gasteiger partial charge on any atom is -0.383 e. The Bertz CT molecular complexity index is 1410. The molecule has 2 aromatic carbocycles. The van der Waals surface area contributed by atoms with Gasteiger partial charge in [-0.2, -0.15) is 5.10 Å². The molecule has 8 nitrogen and oxygen atoms in total. The summed E-state index contributed by atoms with van der Waals surface area (Å²) >= 11 is 0. The van der Waals surface area contributed by atoms with Gasteiger partial charge < -0.3 is 16.0 Å². The average molecular weight is 529 g/mol. The molecular weight excluding hydrogens is 491 g/mol. The van der Waals surface area contributed by atoms with E-state index in [9.17, 15) is 4.39 Å². The van der Waals surface area contributed by atoms with Crippen molar-refractivity contribution in [2.45, 2.75) is 51.2 Å². The number of fused-ring (bicyclic) bond motifs is 1. The van der Waals surface area contributed by atoms with Crippen LogP contribution in [0.2, 0.25) is 0 Å². The van der Waals surface area contributed by atoms with Gasteiger partial charge in [-0.1, -0.05) is 24.3 Å². The van der Waals surface area contributed by atoms with Gasteiger partial charge in [0.25, 0.3) is 0 Å². The van der Waals surface area contributed by atoms with Crippen LogP contribution in [0.4, 0.5) is 15.9 Å². The van der Waals surface area contributed by atoms with Crippen molar-refractivity contribution >= 4 is 22.5 Å². The zero-order valence-corrected chi connectivity index (χ0v) is 22.8. The number of likely N-dealkylation sites (N-methyl/N-ethyl adjacent to an activating group) is 1. The van der Waals surface area contributed by atoms with Gasteiger partial charge in [0.1, 0.15) is 23.7 Å². The quantitative estimate of drug-likeness (QED) is 0.369. The van der Waals surface area contributed by atoms with Crippen LogP contribution in [-0.4, -0.2) is 68.8 Å². The smallest absolute Gasteiger partial charge is 0.164 e. The molecule has 0 bridgehead atoms. The molecule has 1 saturated heterocycles. The van der Waals surface area contributed by atoms with Crippen molar-refractivity contribution in [1.82, 2.24) is 29.5 Å². The maximum atomic E-state index is 14.2. The summed E-state index contributed by atoms with van der Waals surface area (Å²) in [4.78, 5) is 14.0. The molecule has 0 unspecified atom stereocenters. The normalized spacial score (nSPS) is 20.9. The van der Waals surface area contributed by atoms with Gasteiger partial charge in [0.2, 0.25) is 0 Å². The molecule has 6 rings (SSSR count). The van der Waals surface area contributed by atoms with Crippen LogP contribution in [0.1, 0.15) is 42.9 Å². The van der Waals surface area contributed by atoms with Crippen LogP contribution in [-0.2, 0) is 6.54 Å². The van der Waals surface area contributed by atoms with E-state index in [1.165, 1.54) is 25.2 Å². The molecule has 0 spiro atoms. The molecule has 0 amide bonds. The molecule has 0 radical (unpaired) electrons. The van der Waals surface area contributed by atoms with Crippen molar-refractivity contribution in [3.63, 3.8) is 0 Å². The highest BCUT2D eigenvalue weighted by Crippen LogP contribution is 2.37. The molecule has 0 atom stereocenters. The van der Waals surface area contributed by atoms with E-state index in [1.54, 1.807) is 6.07 Å². The first-order chi connectivity index (χ1) is 19.0. The number of piperazine rings is 1. The predicted octanol–water partition coefficient (Wildman–Crippen LogP) is 4.87. The minimum atomic E-state index is -0.191. The largest absolute Gasteiger partial charge is 0.383 e. The molecule has 2 aromatic heterocycles. The highest BCUT2D eigenvalue weighted by atomic mass is 19.1.